The van der Waals surface area contributed by atoms with Crippen LogP contribution in [0, 0.1) is 17.0 Å². The molecular formula is C15H11NO7. The third-order valence-electron chi connectivity index (χ3n) is 3.33. The van der Waals surface area contributed by atoms with Gasteiger partial charge in [0.05, 0.1) is 10.5 Å². The summed E-state index contributed by atoms with van der Waals surface area (Å²) in [5.41, 5.74) is -2.95. The Labute approximate surface area is 129 Å². The van der Waals surface area contributed by atoms with Crippen molar-refractivity contribution >= 4 is 17.4 Å². The van der Waals surface area contributed by atoms with Crippen LogP contribution in [0.3, 0.4) is 0 Å². The molecule has 118 valence electrons. The third-order valence-corrected chi connectivity index (χ3v) is 3.33. The molecule has 0 fully saturated rings. The van der Waals surface area contributed by atoms with Crippen molar-refractivity contribution in [2.75, 3.05) is 0 Å². The summed E-state index contributed by atoms with van der Waals surface area (Å²) in [6, 6.07) is 7.34. The van der Waals surface area contributed by atoms with Gasteiger partial charge in [-0.05, 0) is 6.92 Å². The van der Waals surface area contributed by atoms with E-state index in [9.17, 15) is 35.0 Å². The van der Waals surface area contributed by atoms with Gasteiger partial charge < -0.3 is 15.3 Å². The molecule has 0 saturated heterocycles. The Morgan fingerprint density at radius 3 is 2.09 bits per heavy atom. The molecule has 23 heavy (non-hydrogen) atoms. The van der Waals surface area contributed by atoms with Crippen LogP contribution in [0.1, 0.15) is 31.8 Å². The van der Waals surface area contributed by atoms with Gasteiger partial charge in [0.2, 0.25) is 11.5 Å². The molecule has 8 nitrogen and oxygen atoms in total. The first kappa shape index (κ1) is 16.0. The van der Waals surface area contributed by atoms with Crippen molar-refractivity contribution in [3.05, 3.63) is 62.7 Å². The van der Waals surface area contributed by atoms with Crippen molar-refractivity contribution in [1.29, 1.82) is 0 Å². The highest BCUT2D eigenvalue weighted by atomic mass is 16.6. The number of nitro groups is 1. The van der Waals surface area contributed by atoms with Crippen LogP contribution in [-0.4, -0.2) is 32.0 Å². The molecule has 0 amide bonds. The number of aromatic hydroxyl groups is 2. The van der Waals surface area contributed by atoms with Crippen molar-refractivity contribution in [1.82, 2.24) is 0 Å². The average Bonchev–Trinajstić information content (AvgIpc) is 2.51. The summed E-state index contributed by atoms with van der Waals surface area (Å²) >= 11 is 0. The number of nitrogens with zero attached hydrogens (tertiary/aromatic N) is 1. The molecule has 8 heteroatoms. The molecule has 0 heterocycles. The van der Waals surface area contributed by atoms with Gasteiger partial charge in [-0.2, -0.15) is 0 Å². The highest BCUT2D eigenvalue weighted by Gasteiger charge is 2.36. The number of aromatic carboxylic acids is 1. The number of benzene rings is 2. The Balaban J connectivity index is 2.92. The quantitative estimate of drug-likeness (QED) is 0.340. The second-order valence-electron chi connectivity index (χ2n) is 4.68. The van der Waals surface area contributed by atoms with Crippen molar-refractivity contribution < 1.29 is 29.8 Å². The first-order valence-electron chi connectivity index (χ1n) is 6.33. The Hall–Kier alpha value is -3.42. The number of nitro benzene ring substituents is 1. The van der Waals surface area contributed by atoms with Gasteiger partial charge in [-0.1, -0.05) is 30.3 Å². The summed E-state index contributed by atoms with van der Waals surface area (Å²) < 4.78 is 0. The van der Waals surface area contributed by atoms with Crippen LogP contribution in [-0.2, 0) is 0 Å². The predicted octanol–water partition coefficient (Wildman–Crippen LogP) is 2.24. The van der Waals surface area contributed by atoms with Gasteiger partial charge in [-0.3, -0.25) is 14.9 Å². The average molecular weight is 317 g/mol. The topological polar surface area (TPSA) is 138 Å². The minimum absolute atomic E-state index is 0.0163. The fraction of sp³-hybridized carbons (Fsp3) is 0.0667. The normalized spacial score (nSPS) is 10.3. The Morgan fingerprint density at radius 2 is 1.61 bits per heavy atom. The molecule has 0 aliphatic heterocycles. The standard InChI is InChI=1S/C15H11NO7/c1-7-9(15(20)21)10(11(16(22)23)14(19)12(7)17)13(18)8-5-3-2-4-6-8/h2-6,17,19H,1H3,(H,20,21). The van der Waals surface area contributed by atoms with Crippen LogP contribution in [0.25, 0.3) is 0 Å². The molecule has 0 radical (unpaired) electrons. The van der Waals surface area contributed by atoms with E-state index in [1.54, 1.807) is 6.07 Å². The molecule has 0 aliphatic rings. The van der Waals surface area contributed by atoms with Gasteiger partial charge in [0.25, 0.3) is 0 Å². The molecule has 2 aromatic carbocycles. The van der Waals surface area contributed by atoms with E-state index >= 15 is 0 Å². The lowest BCUT2D eigenvalue weighted by molar-refractivity contribution is -0.386. The van der Waals surface area contributed by atoms with Crippen LogP contribution in [0.2, 0.25) is 0 Å². The van der Waals surface area contributed by atoms with E-state index in [-0.39, 0.29) is 11.1 Å². The van der Waals surface area contributed by atoms with Crippen molar-refractivity contribution in [3.8, 4) is 11.5 Å². The fourth-order valence-corrected chi connectivity index (χ4v) is 2.23. The number of carboxylic acids is 1. The zero-order valence-corrected chi connectivity index (χ0v) is 11.8. The lowest BCUT2D eigenvalue weighted by atomic mass is 9.92. The maximum absolute atomic E-state index is 12.6. The number of rotatable bonds is 4. The third kappa shape index (κ3) is 2.57. The summed E-state index contributed by atoms with van der Waals surface area (Å²) in [5, 5.41) is 40.0. The van der Waals surface area contributed by atoms with E-state index in [1.165, 1.54) is 24.3 Å². The molecule has 0 bridgehead atoms. The van der Waals surface area contributed by atoms with E-state index in [1.807, 2.05) is 0 Å². The fourth-order valence-electron chi connectivity index (χ4n) is 2.23. The number of hydrogen-bond acceptors (Lipinski definition) is 6. The number of phenolic OH excluding ortho intramolecular Hbond substituents is 2. The molecule has 0 unspecified atom stereocenters. The summed E-state index contributed by atoms with van der Waals surface area (Å²) in [6.45, 7) is 1.14. The second-order valence-corrected chi connectivity index (χ2v) is 4.68. The van der Waals surface area contributed by atoms with Crippen LogP contribution < -0.4 is 0 Å². The molecule has 2 rings (SSSR count). The van der Waals surface area contributed by atoms with Gasteiger partial charge in [0, 0.05) is 11.1 Å². The number of carbonyl (C=O) groups excluding carboxylic acids is 1. The van der Waals surface area contributed by atoms with Crippen LogP contribution in [0.15, 0.2) is 30.3 Å². The van der Waals surface area contributed by atoms with Gasteiger partial charge in [-0.15, -0.1) is 0 Å². The van der Waals surface area contributed by atoms with Gasteiger partial charge in [-0.25, -0.2) is 4.79 Å². The summed E-state index contributed by atoms with van der Waals surface area (Å²) in [7, 11) is 0. The molecule has 3 N–H and O–H groups in total. The molecule has 0 aromatic heterocycles. The lowest BCUT2D eigenvalue weighted by Gasteiger charge is -2.12. The maximum atomic E-state index is 12.6. The van der Waals surface area contributed by atoms with E-state index in [0.29, 0.717) is 0 Å². The molecule has 0 saturated carbocycles. The Morgan fingerprint density at radius 1 is 1.04 bits per heavy atom. The first-order chi connectivity index (χ1) is 10.8. The van der Waals surface area contributed by atoms with Crippen LogP contribution in [0.5, 0.6) is 11.5 Å². The SMILES string of the molecule is Cc1c(O)c(O)c([N+](=O)[O-])c(C(=O)c2ccccc2)c1C(=O)O. The summed E-state index contributed by atoms with van der Waals surface area (Å²) in [6.07, 6.45) is 0. The van der Waals surface area contributed by atoms with Gasteiger partial charge in [0.15, 0.2) is 5.75 Å². The zero-order chi connectivity index (χ0) is 17.3. The predicted molar refractivity (Wildman–Crippen MR) is 78.0 cm³/mol. The highest BCUT2D eigenvalue weighted by molar-refractivity contribution is 6.18. The van der Waals surface area contributed by atoms with Crippen molar-refractivity contribution in [3.63, 3.8) is 0 Å². The largest absolute Gasteiger partial charge is 0.504 e. The van der Waals surface area contributed by atoms with Crippen molar-refractivity contribution in [2.45, 2.75) is 6.92 Å². The minimum atomic E-state index is -1.62. The highest BCUT2D eigenvalue weighted by Crippen LogP contribution is 2.44. The second kappa shape index (κ2) is 5.76. The smallest absolute Gasteiger partial charge is 0.337 e. The monoisotopic (exact) mass is 317 g/mol. The van der Waals surface area contributed by atoms with Crippen LogP contribution in [0.4, 0.5) is 5.69 Å². The van der Waals surface area contributed by atoms with Crippen molar-refractivity contribution in [2.24, 2.45) is 0 Å². The van der Waals surface area contributed by atoms with E-state index < -0.39 is 45.0 Å². The molecule has 2 aromatic rings. The van der Waals surface area contributed by atoms with E-state index in [4.69, 9.17) is 0 Å². The number of phenols is 2. The Bertz CT molecular complexity index is 786. The summed E-state index contributed by atoms with van der Waals surface area (Å²) in [5.74, 6) is -4.65. The first-order valence-corrected chi connectivity index (χ1v) is 6.33. The number of hydrogen-bond donors (Lipinski definition) is 3. The molecule has 0 atom stereocenters. The number of carboxylic acid groups (broad SMARTS) is 1. The van der Waals surface area contributed by atoms with Gasteiger partial charge >= 0.3 is 11.7 Å². The minimum Gasteiger partial charge on any atom is -0.504 e. The summed E-state index contributed by atoms with van der Waals surface area (Å²) in [4.78, 5) is 34.1. The number of ketones is 1. The Kier molecular flexibility index (Phi) is 4.00. The van der Waals surface area contributed by atoms with E-state index in [2.05, 4.69) is 0 Å². The zero-order valence-electron chi connectivity index (χ0n) is 11.8. The van der Waals surface area contributed by atoms with Crippen LogP contribution >= 0.6 is 0 Å². The van der Waals surface area contributed by atoms with Gasteiger partial charge in [0.1, 0.15) is 5.56 Å². The molecule has 0 aliphatic carbocycles. The molecular weight excluding hydrogens is 306 g/mol. The lowest BCUT2D eigenvalue weighted by Crippen LogP contribution is -2.15. The number of carbonyl (C=O) groups is 2. The van der Waals surface area contributed by atoms with E-state index in [0.717, 1.165) is 6.92 Å². The maximum Gasteiger partial charge on any atom is 0.337 e. The molecule has 0 spiro atoms.